The van der Waals surface area contributed by atoms with Gasteiger partial charge < -0.3 is 5.32 Å². The Morgan fingerprint density at radius 3 is 3.07 bits per heavy atom. The van der Waals surface area contributed by atoms with E-state index in [-0.39, 0.29) is 0 Å². The van der Waals surface area contributed by atoms with Crippen LogP contribution in [0.2, 0.25) is 5.02 Å². The van der Waals surface area contributed by atoms with Gasteiger partial charge in [-0.1, -0.05) is 34.5 Å². The summed E-state index contributed by atoms with van der Waals surface area (Å²) in [6.07, 6.45) is 2.25. The molecule has 0 spiro atoms. The summed E-state index contributed by atoms with van der Waals surface area (Å²) in [5.41, 5.74) is 2.67. The first-order valence-corrected chi connectivity index (χ1v) is 6.11. The fourth-order valence-corrected chi connectivity index (χ4v) is 3.03. The third kappa shape index (κ3) is 1.71. The molecule has 76 valence electrons. The van der Waals surface area contributed by atoms with E-state index in [9.17, 15) is 0 Å². The minimum absolute atomic E-state index is 0.475. The summed E-state index contributed by atoms with van der Waals surface area (Å²) < 4.78 is 1.18. The molecule has 1 N–H and O–H groups in total. The van der Waals surface area contributed by atoms with Gasteiger partial charge in [-0.3, -0.25) is 0 Å². The quantitative estimate of drug-likeness (QED) is 0.867. The molecule has 1 atom stereocenters. The van der Waals surface area contributed by atoms with E-state index in [1.54, 1.807) is 0 Å². The van der Waals surface area contributed by atoms with Crippen LogP contribution in [0, 0.1) is 0 Å². The van der Waals surface area contributed by atoms with Gasteiger partial charge in [-0.25, -0.2) is 0 Å². The van der Waals surface area contributed by atoms with Gasteiger partial charge >= 0.3 is 0 Å². The lowest BCUT2D eigenvalue weighted by Gasteiger charge is -2.14. The summed E-state index contributed by atoms with van der Waals surface area (Å²) in [6, 6.07) is 4.48. The molecule has 3 heteroatoms. The van der Waals surface area contributed by atoms with Gasteiger partial charge in [-0.05, 0) is 42.6 Å². The van der Waals surface area contributed by atoms with Crippen LogP contribution in [-0.4, -0.2) is 6.54 Å². The summed E-state index contributed by atoms with van der Waals surface area (Å²) >= 11 is 9.75. The molecule has 0 heterocycles. The van der Waals surface area contributed by atoms with E-state index >= 15 is 0 Å². The number of fused-ring (bicyclic) bond motifs is 1. The highest BCUT2D eigenvalue weighted by Gasteiger charge is 2.25. The van der Waals surface area contributed by atoms with Gasteiger partial charge in [0.25, 0.3) is 0 Å². The van der Waals surface area contributed by atoms with Gasteiger partial charge in [0.15, 0.2) is 0 Å². The molecule has 1 aliphatic rings. The van der Waals surface area contributed by atoms with Crippen molar-refractivity contribution in [1.82, 2.24) is 5.32 Å². The standard InChI is InChI=1S/C11H13BrClN/c1-2-14-10-6-3-7-9(13)5-4-8(12)11(7)10/h4-5,10,14H,2-3,6H2,1H3. The Morgan fingerprint density at radius 2 is 2.36 bits per heavy atom. The van der Waals surface area contributed by atoms with Crippen molar-refractivity contribution < 1.29 is 0 Å². The number of rotatable bonds is 2. The van der Waals surface area contributed by atoms with Crippen molar-refractivity contribution >= 4 is 27.5 Å². The van der Waals surface area contributed by atoms with Gasteiger partial charge in [0, 0.05) is 15.5 Å². The second kappa shape index (κ2) is 4.21. The monoisotopic (exact) mass is 273 g/mol. The van der Waals surface area contributed by atoms with Gasteiger partial charge in [-0.2, -0.15) is 0 Å². The topological polar surface area (TPSA) is 12.0 Å². The Bertz CT molecular complexity index is 351. The first-order chi connectivity index (χ1) is 6.74. The summed E-state index contributed by atoms with van der Waals surface area (Å²) in [5.74, 6) is 0. The lowest BCUT2D eigenvalue weighted by atomic mass is 10.1. The Labute approximate surface area is 98.0 Å². The highest BCUT2D eigenvalue weighted by molar-refractivity contribution is 9.10. The van der Waals surface area contributed by atoms with Gasteiger partial charge in [0.1, 0.15) is 0 Å². The molecule has 1 aromatic carbocycles. The van der Waals surface area contributed by atoms with E-state index in [0.29, 0.717) is 6.04 Å². The normalized spacial score (nSPS) is 19.8. The number of benzene rings is 1. The zero-order chi connectivity index (χ0) is 10.1. The van der Waals surface area contributed by atoms with Crippen LogP contribution in [0.3, 0.4) is 0 Å². The molecule has 1 aromatic rings. The predicted octanol–water partition coefficient (Wildman–Crippen LogP) is 3.70. The summed E-state index contributed by atoms with van der Waals surface area (Å²) in [6.45, 7) is 3.14. The highest BCUT2D eigenvalue weighted by Crippen LogP contribution is 2.40. The number of nitrogens with one attached hydrogen (secondary N) is 1. The van der Waals surface area contributed by atoms with Crippen molar-refractivity contribution in [2.24, 2.45) is 0 Å². The molecule has 0 fully saturated rings. The van der Waals surface area contributed by atoms with Crippen LogP contribution in [0.4, 0.5) is 0 Å². The highest BCUT2D eigenvalue weighted by atomic mass is 79.9. The van der Waals surface area contributed by atoms with E-state index in [1.807, 2.05) is 12.1 Å². The zero-order valence-corrected chi connectivity index (χ0v) is 10.5. The molecule has 2 rings (SSSR count). The van der Waals surface area contributed by atoms with Crippen molar-refractivity contribution in [1.29, 1.82) is 0 Å². The summed E-state index contributed by atoms with van der Waals surface area (Å²) in [5, 5.41) is 4.39. The summed E-state index contributed by atoms with van der Waals surface area (Å²) in [7, 11) is 0. The molecule has 0 aliphatic heterocycles. The average Bonchev–Trinajstić information content (AvgIpc) is 2.58. The van der Waals surface area contributed by atoms with Crippen LogP contribution >= 0.6 is 27.5 Å². The maximum absolute atomic E-state index is 6.16. The van der Waals surface area contributed by atoms with Crippen LogP contribution in [0.1, 0.15) is 30.5 Å². The van der Waals surface area contributed by atoms with Gasteiger partial charge in [0.2, 0.25) is 0 Å². The van der Waals surface area contributed by atoms with Crippen LogP contribution in [0.5, 0.6) is 0 Å². The lowest BCUT2D eigenvalue weighted by Crippen LogP contribution is -2.18. The van der Waals surface area contributed by atoms with Crippen molar-refractivity contribution in [2.45, 2.75) is 25.8 Å². The lowest BCUT2D eigenvalue weighted by molar-refractivity contribution is 0.548. The van der Waals surface area contributed by atoms with Crippen molar-refractivity contribution in [3.05, 3.63) is 32.8 Å². The minimum atomic E-state index is 0.475. The first kappa shape index (κ1) is 10.5. The van der Waals surface area contributed by atoms with E-state index < -0.39 is 0 Å². The third-order valence-electron chi connectivity index (χ3n) is 2.73. The largest absolute Gasteiger partial charge is 0.310 e. The Balaban J connectivity index is 2.42. The van der Waals surface area contributed by atoms with E-state index in [0.717, 1.165) is 24.4 Å². The van der Waals surface area contributed by atoms with Crippen LogP contribution in [0.15, 0.2) is 16.6 Å². The zero-order valence-electron chi connectivity index (χ0n) is 8.11. The molecule has 1 unspecified atom stereocenters. The molecule has 0 radical (unpaired) electrons. The van der Waals surface area contributed by atoms with E-state index in [4.69, 9.17) is 11.6 Å². The molecule has 0 amide bonds. The SMILES string of the molecule is CCNC1CCc2c(Cl)ccc(Br)c21. The maximum atomic E-state index is 6.16. The van der Waals surface area contributed by atoms with Gasteiger partial charge in [0.05, 0.1) is 0 Å². The molecular formula is C11H13BrClN. The Kier molecular flexibility index (Phi) is 3.15. The third-order valence-corrected chi connectivity index (χ3v) is 3.77. The predicted molar refractivity (Wildman–Crippen MR) is 63.9 cm³/mol. The number of halogens is 2. The molecule has 0 aromatic heterocycles. The molecule has 1 nitrogen and oxygen atoms in total. The number of hydrogen-bond acceptors (Lipinski definition) is 1. The summed E-state index contributed by atoms with van der Waals surface area (Å²) in [4.78, 5) is 0. The molecule has 0 saturated heterocycles. The molecule has 14 heavy (non-hydrogen) atoms. The Morgan fingerprint density at radius 1 is 1.57 bits per heavy atom. The molecule has 1 aliphatic carbocycles. The van der Waals surface area contributed by atoms with Crippen molar-refractivity contribution in [3.8, 4) is 0 Å². The fourth-order valence-electron chi connectivity index (χ4n) is 2.12. The van der Waals surface area contributed by atoms with E-state index in [1.165, 1.54) is 15.6 Å². The molecule has 0 bridgehead atoms. The second-order valence-corrected chi connectivity index (χ2v) is 4.83. The van der Waals surface area contributed by atoms with Crippen molar-refractivity contribution in [3.63, 3.8) is 0 Å². The molecule has 0 saturated carbocycles. The minimum Gasteiger partial charge on any atom is -0.310 e. The van der Waals surface area contributed by atoms with Gasteiger partial charge in [-0.15, -0.1) is 0 Å². The average molecular weight is 275 g/mol. The van der Waals surface area contributed by atoms with Crippen LogP contribution in [-0.2, 0) is 6.42 Å². The second-order valence-electron chi connectivity index (χ2n) is 3.57. The van der Waals surface area contributed by atoms with E-state index in [2.05, 4.69) is 28.2 Å². The first-order valence-electron chi connectivity index (χ1n) is 4.94. The van der Waals surface area contributed by atoms with Crippen LogP contribution in [0.25, 0.3) is 0 Å². The number of hydrogen-bond donors (Lipinski definition) is 1. The smallest absolute Gasteiger partial charge is 0.0442 e. The Hall–Kier alpha value is -0.0500. The molecular weight excluding hydrogens is 261 g/mol. The van der Waals surface area contributed by atoms with Crippen molar-refractivity contribution in [2.75, 3.05) is 6.54 Å². The fraction of sp³-hybridized carbons (Fsp3) is 0.455. The van der Waals surface area contributed by atoms with Crippen LogP contribution < -0.4 is 5.32 Å². The maximum Gasteiger partial charge on any atom is 0.0442 e.